The van der Waals surface area contributed by atoms with Crippen LogP contribution in [0.3, 0.4) is 0 Å². The Kier molecular flexibility index (Phi) is 7.82. The number of ketones is 1. The summed E-state index contributed by atoms with van der Waals surface area (Å²) in [6.07, 6.45) is 2.41. The first-order valence-corrected chi connectivity index (χ1v) is 8.89. The smallest absolute Gasteiger partial charge is 0.166 e. The van der Waals surface area contributed by atoms with Gasteiger partial charge in [0.05, 0.1) is 0 Å². The number of likely N-dealkylation sites (tertiary alicyclic amines) is 1. The van der Waals surface area contributed by atoms with E-state index < -0.39 is 0 Å². The van der Waals surface area contributed by atoms with Gasteiger partial charge in [-0.3, -0.25) is 4.79 Å². The second-order valence-electron chi connectivity index (χ2n) is 6.12. The molecule has 1 fully saturated rings. The Bertz CT molecular complexity index is 492. The Labute approximate surface area is 143 Å². The molecule has 0 atom stereocenters. The number of hydrogen-bond donors (Lipinski definition) is 0. The molecule has 1 saturated heterocycles. The third kappa shape index (κ3) is 5.65. The minimum atomic E-state index is -0.306. The van der Waals surface area contributed by atoms with Crippen molar-refractivity contribution in [2.75, 3.05) is 32.8 Å². The fraction of sp³-hybridized carbons (Fsp3) is 0.632. The lowest BCUT2D eigenvalue weighted by Gasteiger charge is -2.32. The average molecular weight is 337 g/mol. The van der Waals surface area contributed by atoms with E-state index in [-0.39, 0.29) is 23.8 Å². The van der Waals surface area contributed by atoms with Crippen molar-refractivity contribution in [3.8, 4) is 0 Å². The molecule has 134 valence electrons. The summed E-state index contributed by atoms with van der Waals surface area (Å²) in [7, 11) is 0. The summed E-state index contributed by atoms with van der Waals surface area (Å²) >= 11 is 0. The molecule has 1 aromatic carbocycles. The van der Waals surface area contributed by atoms with Gasteiger partial charge in [0.15, 0.2) is 12.1 Å². The zero-order valence-corrected chi connectivity index (χ0v) is 14.7. The average Bonchev–Trinajstić information content (AvgIpc) is 2.60. The first kappa shape index (κ1) is 19.0. The molecule has 0 amide bonds. The van der Waals surface area contributed by atoms with Gasteiger partial charge in [-0.05, 0) is 64.0 Å². The highest BCUT2D eigenvalue weighted by molar-refractivity contribution is 5.97. The van der Waals surface area contributed by atoms with E-state index in [0.717, 1.165) is 38.9 Å². The summed E-state index contributed by atoms with van der Waals surface area (Å²) in [5.74, 6) is -0.128. The second kappa shape index (κ2) is 9.87. The van der Waals surface area contributed by atoms with Gasteiger partial charge in [0.25, 0.3) is 0 Å². The van der Waals surface area contributed by atoms with Gasteiger partial charge in [-0.25, -0.2) is 4.39 Å². The minimum Gasteiger partial charge on any atom is -0.353 e. The molecule has 0 spiro atoms. The van der Waals surface area contributed by atoms with Crippen LogP contribution in [0.4, 0.5) is 4.39 Å². The minimum absolute atomic E-state index is 0.0429. The monoisotopic (exact) mass is 337 g/mol. The molecule has 4 nitrogen and oxygen atoms in total. The predicted molar refractivity (Wildman–Crippen MR) is 91.6 cm³/mol. The lowest BCUT2D eigenvalue weighted by Crippen LogP contribution is -2.38. The van der Waals surface area contributed by atoms with Crippen LogP contribution in [0.15, 0.2) is 24.3 Å². The Morgan fingerprint density at radius 3 is 2.29 bits per heavy atom. The molecule has 1 aliphatic rings. The fourth-order valence-electron chi connectivity index (χ4n) is 3.14. The molecule has 0 unspecified atom stereocenters. The van der Waals surface area contributed by atoms with E-state index in [2.05, 4.69) is 4.90 Å². The molecule has 0 aliphatic carbocycles. The summed E-state index contributed by atoms with van der Waals surface area (Å²) in [4.78, 5) is 14.8. The standard InChI is InChI=1S/C19H28FNO3/c1-3-23-18(24-4-2)11-14-21-12-9-16(10-13-21)19(22)15-5-7-17(20)8-6-15/h5-8,16,18H,3-4,9-14H2,1-2H3. The van der Waals surface area contributed by atoms with E-state index in [0.29, 0.717) is 18.8 Å². The third-order valence-electron chi connectivity index (χ3n) is 4.47. The topological polar surface area (TPSA) is 38.8 Å². The van der Waals surface area contributed by atoms with Crippen LogP contribution >= 0.6 is 0 Å². The van der Waals surface area contributed by atoms with E-state index in [4.69, 9.17) is 9.47 Å². The van der Waals surface area contributed by atoms with Crippen LogP contribution in [0.25, 0.3) is 0 Å². The van der Waals surface area contributed by atoms with Crippen molar-refractivity contribution in [3.05, 3.63) is 35.6 Å². The van der Waals surface area contributed by atoms with Crippen molar-refractivity contribution >= 4 is 5.78 Å². The summed E-state index contributed by atoms with van der Waals surface area (Å²) in [5.41, 5.74) is 0.614. The maximum absolute atomic E-state index is 13.0. The van der Waals surface area contributed by atoms with E-state index in [1.165, 1.54) is 12.1 Å². The number of hydrogen-bond acceptors (Lipinski definition) is 4. The summed E-state index contributed by atoms with van der Waals surface area (Å²) in [6.45, 7) is 7.97. The molecular weight excluding hydrogens is 309 g/mol. The van der Waals surface area contributed by atoms with Crippen LogP contribution in [-0.2, 0) is 9.47 Å². The van der Waals surface area contributed by atoms with E-state index in [9.17, 15) is 9.18 Å². The first-order chi connectivity index (χ1) is 11.6. The molecule has 1 aliphatic heterocycles. The molecule has 0 aromatic heterocycles. The van der Waals surface area contributed by atoms with Gasteiger partial charge in [-0.15, -0.1) is 0 Å². The Morgan fingerprint density at radius 1 is 1.17 bits per heavy atom. The lowest BCUT2D eigenvalue weighted by molar-refractivity contribution is -0.142. The van der Waals surface area contributed by atoms with Crippen LogP contribution < -0.4 is 0 Å². The highest BCUT2D eigenvalue weighted by Gasteiger charge is 2.26. The quantitative estimate of drug-likeness (QED) is 0.511. The molecule has 1 aromatic rings. The number of Topliss-reactive ketones (excluding diaryl/α,β-unsaturated/α-hetero) is 1. The molecule has 1 heterocycles. The number of ether oxygens (including phenoxy) is 2. The van der Waals surface area contributed by atoms with E-state index >= 15 is 0 Å². The van der Waals surface area contributed by atoms with Crippen LogP contribution in [0.2, 0.25) is 0 Å². The highest BCUT2D eigenvalue weighted by atomic mass is 19.1. The largest absolute Gasteiger partial charge is 0.353 e. The normalized spacial score (nSPS) is 16.7. The Hall–Kier alpha value is -1.30. The van der Waals surface area contributed by atoms with Gasteiger partial charge in [-0.1, -0.05) is 0 Å². The number of benzene rings is 1. The molecule has 0 radical (unpaired) electrons. The summed E-state index contributed by atoms with van der Waals surface area (Å²) in [6, 6.07) is 5.87. The van der Waals surface area contributed by atoms with Crippen molar-refractivity contribution < 1.29 is 18.7 Å². The lowest BCUT2D eigenvalue weighted by atomic mass is 9.89. The zero-order chi connectivity index (χ0) is 17.4. The number of carbonyl (C=O) groups is 1. The van der Waals surface area contributed by atoms with Crippen LogP contribution in [0, 0.1) is 11.7 Å². The first-order valence-electron chi connectivity index (χ1n) is 8.89. The van der Waals surface area contributed by atoms with Gasteiger partial charge < -0.3 is 14.4 Å². The number of halogens is 1. The van der Waals surface area contributed by atoms with Gasteiger partial charge >= 0.3 is 0 Å². The fourth-order valence-corrected chi connectivity index (χ4v) is 3.14. The van der Waals surface area contributed by atoms with Gasteiger partial charge in [0.2, 0.25) is 0 Å². The summed E-state index contributed by atoms with van der Waals surface area (Å²) in [5, 5.41) is 0. The Morgan fingerprint density at radius 2 is 1.75 bits per heavy atom. The van der Waals surface area contributed by atoms with Crippen LogP contribution in [0.1, 0.15) is 43.5 Å². The molecular formula is C19H28FNO3. The zero-order valence-electron chi connectivity index (χ0n) is 14.7. The van der Waals surface area contributed by atoms with Crippen molar-refractivity contribution in [1.82, 2.24) is 4.90 Å². The molecule has 0 bridgehead atoms. The molecule has 0 N–H and O–H groups in total. The van der Waals surface area contributed by atoms with Crippen molar-refractivity contribution in [1.29, 1.82) is 0 Å². The van der Waals surface area contributed by atoms with Crippen molar-refractivity contribution in [3.63, 3.8) is 0 Å². The molecule has 2 rings (SSSR count). The number of rotatable bonds is 9. The van der Waals surface area contributed by atoms with E-state index in [1.807, 2.05) is 13.8 Å². The maximum Gasteiger partial charge on any atom is 0.166 e. The maximum atomic E-state index is 13.0. The van der Waals surface area contributed by atoms with Crippen molar-refractivity contribution in [2.45, 2.75) is 39.4 Å². The van der Waals surface area contributed by atoms with Crippen molar-refractivity contribution in [2.24, 2.45) is 5.92 Å². The number of carbonyl (C=O) groups excluding carboxylic acids is 1. The van der Waals surface area contributed by atoms with E-state index in [1.54, 1.807) is 12.1 Å². The van der Waals surface area contributed by atoms with Crippen LogP contribution in [0.5, 0.6) is 0 Å². The van der Waals surface area contributed by atoms with Gasteiger partial charge in [0.1, 0.15) is 5.82 Å². The van der Waals surface area contributed by atoms with Gasteiger partial charge in [0, 0.05) is 37.7 Å². The number of piperidine rings is 1. The number of nitrogens with zero attached hydrogens (tertiary/aromatic N) is 1. The summed E-state index contributed by atoms with van der Waals surface area (Å²) < 4.78 is 24.1. The SMILES string of the molecule is CCOC(CCN1CCC(C(=O)c2ccc(F)cc2)CC1)OCC. The van der Waals surface area contributed by atoms with Crippen LogP contribution in [-0.4, -0.2) is 49.8 Å². The molecule has 0 saturated carbocycles. The second-order valence-corrected chi connectivity index (χ2v) is 6.12. The molecule has 24 heavy (non-hydrogen) atoms. The highest BCUT2D eigenvalue weighted by Crippen LogP contribution is 2.22. The third-order valence-corrected chi connectivity index (χ3v) is 4.47. The Balaban J connectivity index is 1.76. The predicted octanol–water partition coefficient (Wildman–Crippen LogP) is 3.51. The molecule has 5 heteroatoms. The van der Waals surface area contributed by atoms with Gasteiger partial charge in [-0.2, -0.15) is 0 Å².